The van der Waals surface area contributed by atoms with Gasteiger partial charge in [-0.1, -0.05) is 23.3 Å². The number of tetrazole rings is 1. The van der Waals surface area contributed by atoms with Crippen molar-refractivity contribution in [1.29, 1.82) is 0 Å². The Kier molecular flexibility index (Phi) is 5.81. The zero-order valence-electron chi connectivity index (χ0n) is 14.7. The Morgan fingerprint density at radius 1 is 1.15 bits per heavy atom. The molecule has 10 nitrogen and oxygen atoms in total. The van der Waals surface area contributed by atoms with Crippen molar-refractivity contribution in [2.45, 2.75) is 26.1 Å². The summed E-state index contributed by atoms with van der Waals surface area (Å²) in [4.78, 5) is 0. The molecule has 1 fully saturated rings. The minimum absolute atomic E-state index is 0.121. The van der Waals surface area contributed by atoms with Crippen molar-refractivity contribution in [2.75, 3.05) is 31.5 Å². The average Bonchev–Trinajstić information content (AvgIpc) is 3.07. The number of ether oxygens (including phenoxy) is 1. The lowest BCUT2D eigenvalue weighted by molar-refractivity contribution is -0.0443. The summed E-state index contributed by atoms with van der Waals surface area (Å²) in [5.41, 5.74) is 0.817. The molecule has 26 heavy (non-hydrogen) atoms. The highest BCUT2D eigenvalue weighted by Gasteiger charge is 2.30. The highest BCUT2D eigenvalue weighted by Crippen LogP contribution is 2.13. The van der Waals surface area contributed by atoms with E-state index in [0.29, 0.717) is 25.6 Å². The Morgan fingerprint density at radius 2 is 1.85 bits per heavy atom. The second-order valence-electron chi connectivity index (χ2n) is 6.15. The largest absolute Gasteiger partial charge is 0.373 e. The minimum atomic E-state index is -3.55. The van der Waals surface area contributed by atoms with E-state index in [2.05, 4.69) is 25.6 Å². The minimum Gasteiger partial charge on any atom is -0.373 e. The first-order chi connectivity index (χ1) is 12.5. The van der Waals surface area contributed by atoms with E-state index in [9.17, 15) is 8.42 Å². The van der Waals surface area contributed by atoms with Gasteiger partial charge in [0.25, 0.3) is 10.2 Å². The molecule has 1 aliphatic rings. The molecule has 1 aliphatic heterocycles. The van der Waals surface area contributed by atoms with E-state index >= 15 is 0 Å². The summed E-state index contributed by atoms with van der Waals surface area (Å²) in [6.45, 7) is 4.98. The quantitative estimate of drug-likeness (QED) is 0.650. The maximum Gasteiger partial charge on any atom is 0.279 e. The highest BCUT2D eigenvalue weighted by atomic mass is 32.2. The molecule has 2 aromatic rings. The van der Waals surface area contributed by atoms with E-state index in [1.165, 1.54) is 4.31 Å². The van der Waals surface area contributed by atoms with Crippen molar-refractivity contribution in [3.63, 3.8) is 0 Å². The van der Waals surface area contributed by atoms with Crippen molar-refractivity contribution >= 4 is 16.2 Å². The molecule has 2 N–H and O–H groups in total. The fourth-order valence-electron chi connectivity index (χ4n) is 2.81. The lowest BCUT2D eigenvalue weighted by Gasteiger charge is -2.34. The zero-order valence-corrected chi connectivity index (χ0v) is 15.6. The highest BCUT2D eigenvalue weighted by molar-refractivity contribution is 7.87. The van der Waals surface area contributed by atoms with Crippen LogP contribution < -0.4 is 10.0 Å². The lowest BCUT2D eigenvalue weighted by Crippen LogP contribution is -2.52. The van der Waals surface area contributed by atoms with Gasteiger partial charge in [-0.3, -0.25) is 0 Å². The van der Waals surface area contributed by atoms with Gasteiger partial charge in [-0.25, -0.2) is 4.72 Å². The van der Waals surface area contributed by atoms with Crippen LogP contribution in [0.3, 0.4) is 0 Å². The van der Waals surface area contributed by atoms with Crippen LogP contribution in [0, 0.1) is 0 Å². The van der Waals surface area contributed by atoms with Crippen LogP contribution >= 0.6 is 0 Å². The van der Waals surface area contributed by atoms with Gasteiger partial charge in [0, 0.05) is 26.2 Å². The molecule has 0 amide bonds. The molecule has 3 rings (SSSR count). The Bertz CT molecular complexity index is 802. The number of anilines is 1. The summed E-state index contributed by atoms with van der Waals surface area (Å²) in [5, 5.41) is 14.6. The van der Waals surface area contributed by atoms with Gasteiger partial charge in [-0.2, -0.15) is 17.4 Å². The van der Waals surface area contributed by atoms with Crippen molar-refractivity contribution in [2.24, 2.45) is 0 Å². The van der Waals surface area contributed by atoms with Crippen LogP contribution in [-0.2, 0) is 14.9 Å². The van der Waals surface area contributed by atoms with E-state index in [-0.39, 0.29) is 18.8 Å². The summed E-state index contributed by atoms with van der Waals surface area (Å²) < 4.78 is 36.0. The number of hydrogen-bond acceptors (Lipinski definition) is 7. The number of nitrogens with zero attached hydrogens (tertiary/aromatic N) is 5. The Morgan fingerprint density at radius 3 is 2.54 bits per heavy atom. The fourth-order valence-corrected chi connectivity index (χ4v) is 4.17. The summed E-state index contributed by atoms with van der Waals surface area (Å²) in [6, 6.07) is 9.44. The molecule has 0 saturated carbocycles. The Labute approximate surface area is 152 Å². The SMILES string of the molecule is C[C@H]1CN(S(=O)(=O)NCCNc2nnnn2-c2ccccc2)C[C@H](C)O1. The summed E-state index contributed by atoms with van der Waals surface area (Å²) >= 11 is 0. The number of hydrogen-bond donors (Lipinski definition) is 2. The maximum atomic E-state index is 12.4. The second kappa shape index (κ2) is 8.08. The molecule has 11 heteroatoms. The first kappa shape index (κ1) is 18.7. The first-order valence-electron chi connectivity index (χ1n) is 8.43. The smallest absolute Gasteiger partial charge is 0.279 e. The van der Waals surface area contributed by atoms with Crippen molar-refractivity contribution in [3.8, 4) is 5.69 Å². The number of rotatable bonds is 7. The maximum absolute atomic E-state index is 12.4. The van der Waals surface area contributed by atoms with Gasteiger partial charge in [0.1, 0.15) is 0 Å². The molecule has 0 radical (unpaired) electrons. The van der Waals surface area contributed by atoms with E-state index in [1.807, 2.05) is 44.2 Å². The van der Waals surface area contributed by atoms with Gasteiger partial charge in [0.2, 0.25) is 5.95 Å². The van der Waals surface area contributed by atoms with Crippen LogP contribution in [0.25, 0.3) is 5.69 Å². The van der Waals surface area contributed by atoms with Crippen LogP contribution in [0.15, 0.2) is 30.3 Å². The molecule has 0 aliphatic carbocycles. The first-order valence-corrected chi connectivity index (χ1v) is 9.87. The van der Waals surface area contributed by atoms with Gasteiger partial charge < -0.3 is 10.1 Å². The molecule has 2 atom stereocenters. The average molecular weight is 381 g/mol. The van der Waals surface area contributed by atoms with Crippen molar-refractivity contribution in [1.82, 2.24) is 29.2 Å². The van der Waals surface area contributed by atoms with Crippen molar-refractivity contribution < 1.29 is 13.2 Å². The number of aromatic nitrogens is 4. The molecule has 1 aromatic heterocycles. The zero-order chi connectivity index (χ0) is 18.6. The number of nitrogens with one attached hydrogen (secondary N) is 2. The molecular formula is C15H23N7O3S. The topological polar surface area (TPSA) is 114 Å². The monoisotopic (exact) mass is 381 g/mol. The third-order valence-corrected chi connectivity index (χ3v) is 5.44. The number of benzene rings is 1. The van der Waals surface area contributed by atoms with E-state index in [1.54, 1.807) is 4.68 Å². The predicted molar refractivity (Wildman–Crippen MR) is 96.1 cm³/mol. The normalized spacial score (nSPS) is 21.6. The molecule has 142 valence electrons. The molecule has 0 spiro atoms. The van der Waals surface area contributed by atoms with Crippen LogP contribution in [0.5, 0.6) is 0 Å². The molecule has 1 saturated heterocycles. The van der Waals surface area contributed by atoms with Crippen LogP contribution in [0.1, 0.15) is 13.8 Å². The third kappa shape index (κ3) is 4.55. The van der Waals surface area contributed by atoms with Gasteiger partial charge in [0.15, 0.2) is 0 Å². The molecule has 1 aromatic carbocycles. The van der Waals surface area contributed by atoms with Crippen LogP contribution in [0.2, 0.25) is 0 Å². The van der Waals surface area contributed by atoms with E-state index in [4.69, 9.17) is 4.74 Å². The van der Waals surface area contributed by atoms with E-state index in [0.717, 1.165) is 5.69 Å². The second-order valence-corrected chi connectivity index (χ2v) is 7.91. The molecule has 0 unspecified atom stereocenters. The molecule has 0 bridgehead atoms. The molecule has 2 heterocycles. The van der Waals surface area contributed by atoms with Crippen LogP contribution in [-0.4, -0.2) is 71.3 Å². The number of para-hydroxylation sites is 1. The predicted octanol–water partition coefficient (Wildman–Crippen LogP) is 0.0178. The van der Waals surface area contributed by atoms with Gasteiger partial charge in [-0.15, -0.1) is 0 Å². The fraction of sp³-hybridized carbons (Fsp3) is 0.533. The lowest BCUT2D eigenvalue weighted by atomic mass is 10.3. The van der Waals surface area contributed by atoms with Crippen LogP contribution in [0.4, 0.5) is 5.95 Å². The van der Waals surface area contributed by atoms with Gasteiger partial charge in [0.05, 0.1) is 17.9 Å². The standard InChI is InChI=1S/C15H23N7O3S/c1-12-10-21(11-13(2)25-12)26(23,24)17-9-8-16-15-18-19-20-22(15)14-6-4-3-5-7-14/h3-7,12-13,17H,8-11H2,1-2H3,(H,16,18,20)/t12-,13-/m0/s1. The van der Waals surface area contributed by atoms with Gasteiger partial charge in [-0.05, 0) is 36.4 Å². The summed E-state index contributed by atoms with van der Waals surface area (Å²) in [6.07, 6.45) is -0.243. The van der Waals surface area contributed by atoms with E-state index < -0.39 is 10.2 Å². The summed E-state index contributed by atoms with van der Waals surface area (Å²) in [5.74, 6) is 0.448. The summed E-state index contributed by atoms with van der Waals surface area (Å²) in [7, 11) is -3.55. The van der Waals surface area contributed by atoms with Gasteiger partial charge >= 0.3 is 0 Å². The Hall–Kier alpha value is -2.08. The number of morpholine rings is 1. The third-order valence-electron chi connectivity index (χ3n) is 3.89. The van der Waals surface area contributed by atoms with Crippen molar-refractivity contribution in [3.05, 3.63) is 30.3 Å². The Balaban J connectivity index is 1.52. The molecular weight excluding hydrogens is 358 g/mol.